The van der Waals surface area contributed by atoms with Crippen molar-refractivity contribution in [3.05, 3.63) is 46.2 Å². The molecule has 2 rings (SSSR count). The summed E-state index contributed by atoms with van der Waals surface area (Å²) in [4.78, 5) is 25.4. The molecule has 0 amide bonds. The van der Waals surface area contributed by atoms with Crippen molar-refractivity contribution in [3.63, 3.8) is 0 Å². The van der Waals surface area contributed by atoms with Crippen LogP contribution in [0.25, 0.3) is 0 Å². The largest absolute Gasteiger partial charge is 0.461 e. The Morgan fingerprint density at radius 3 is 2.95 bits per heavy atom. The fraction of sp³-hybridized carbons (Fsp3) is 0.286. The number of thiazole rings is 1. The Kier molecular flexibility index (Phi) is 5.39. The fourth-order valence-electron chi connectivity index (χ4n) is 1.52. The van der Waals surface area contributed by atoms with Crippen molar-refractivity contribution in [1.82, 2.24) is 9.97 Å². The predicted molar refractivity (Wildman–Crippen MR) is 79.0 cm³/mol. The molecule has 0 aromatic carbocycles. The van der Waals surface area contributed by atoms with Gasteiger partial charge in [0.05, 0.1) is 11.6 Å². The first kappa shape index (κ1) is 15.1. The van der Waals surface area contributed by atoms with E-state index < -0.39 is 5.97 Å². The topological polar surface area (TPSA) is 73.7 Å². The Morgan fingerprint density at radius 2 is 2.33 bits per heavy atom. The Bertz CT molecular complexity index is 625. The number of hydrogen-bond acceptors (Lipinski definition) is 7. The predicted octanol–water partition coefficient (Wildman–Crippen LogP) is 2.33. The number of carbonyl (C=O) groups excluding carboxylic acids is 1. The molecule has 0 radical (unpaired) electrons. The minimum atomic E-state index is -0.547. The summed E-state index contributed by atoms with van der Waals surface area (Å²) in [6.07, 6.45) is 3.35. The van der Waals surface area contributed by atoms with Crippen LogP contribution < -0.4 is 0 Å². The molecule has 0 aliphatic carbocycles. The van der Waals surface area contributed by atoms with Gasteiger partial charge < -0.3 is 9.57 Å². The van der Waals surface area contributed by atoms with Crippen LogP contribution in [0, 0.1) is 6.92 Å². The van der Waals surface area contributed by atoms with Crippen molar-refractivity contribution in [3.8, 4) is 0 Å². The zero-order valence-corrected chi connectivity index (χ0v) is 12.6. The first-order valence-corrected chi connectivity index (χ1v) is 7.27. The standard InChI is InChI=1S/C14H15N3O3S/c1-3-19-14(18)13(12-9-21-10(2)16-12)17-20-8-11-5-4-6-15-7-11/h4-7,9H,3,8H2,1-2H3/b17-13-. The summed E-state index contributed by atoms with van der Waals surface area (Å²) in [5.41, 5.74) is 1.39. The van der Waals surface area contributed by atoms with Crippen LogP contribution in [0.2, 0.25) is 0 Å². The van der Waals surface area contributed by atoms with Crippen molar-refractivity contribution in [1.29, 1.82) is 0 Å². The molecule has 0 bridgehead atoms. The minimum absolute atomic E-state index is 0.0742. The maximum Gasteiger partial charge on any atom is 0.362 e. The van der Waals surface area contributed by atoms with Gasteiger partial charge in [-0.3, -0.25) is 4.98 Å². The number of aromatic nitrogens is 2. The minimum Gasteiger partial charge on any atom is -0.461 e. The van der Waals surface area contributed by atoms with Gasteiger partial charge in [-0.15, -0.1) is 11.3 Å². The van der Waals surface area contributed by atoms with E-state index in [-0.39, 0.29) is 18.9 Å². The van der Waals surface area contributed by atoms with Crippen LogP contribution in [0.15, 0.2) is 35.1 Å². The van der Waals surface area contributed by atoms with Gasteiger partial charge in [0.2, 0.25) is 5.71 Å². The summed E-state index contributed by atoms with van der Waals surface area (Å²) in [5.74, 6) is -0.547. The second-order valence-corrected chi connectivity index (χ2v) is 5.11. The first-order valence-electron chi connectivity index (χ1n) is 6.39. The molecule has 2 aromatic heterocycles. The van der Waals surface area contributed by atoms with Gasteiger partial charge in [-0.05, 0) is 19.9 Å². The van der Waals surface area contributed by atoms with E-state index in [0.29, 0.717) is 5.69 Å². The van der Waals surface area contributed by atoms with E-state index in [1.165, 1.54) is 11.3 Å². The molecule has 2 aromatic rings. The number of pyridine rings is 1. The van der Waals surface area contributed by atoms with Crippen LogP contribution in [-0.2, 0) is 21.0 Å². The average molecular weight is 305 g/mol. The molecule has 6 nitrogen and oxygen atoms in total. The van der Waals surface area contributed by atoms with Crippen LogP contribution in [0.4, 0.5) is 0 Å². The Hall–Kier alpha value is -2.28. The second kappa shape index (κ2) is 7.49. The molecular formula is C14H15N3O3S. The fourth-order valence-corrected chi connectivity index (χ4v) is 2.11. The zero-order chi connectivity index (χ0) is 15.1. The summed E-state index contributed by atoms with van der Waals surface area (Å²) in [5, 5.41) is 6.47. The lowest BCUT2D eigenvalue weighted by atomic mass is 10.3. The number of oxime groups is 1. The van der Waals surface area contributed by atoms with Gasteiger partial charge in [-0.25, -0.2) is 9.78 Å². The third-order valence-electron chi connectivity index (χ3n) is 2.44. The number of esters is 1. The highest BCUT2D eigenvalue weighted by atomic mass is 32.1. The molecule has 0 unspecified atom stereocenters. The number of nitrogens with zero attached hydrogens (tertiary/aromatic N) is 3. The lowest BCUT2D eigenvalue weighted by molar-refractivity contribution is -0.135. The molecule has 110 valence electrons. The second-order valence-electron chi connectivity index (χ2n) is 4.05. The summed E-state index contributed by atoms with van der Waals surface area (Å²) in [6.45, 7) is 4.08. The molecule has 0 spiro atoms. The number of rotatable bonds is 6. The first-order chi connectivity index (χ1) is 10.2. The molecule has 0 aliphatic rings. The van der Waals surface area contributed by atoms with Gasteiger partial charge >= 0.3 is 5.97 Å². The molecular weight excluding hydrogens is 290 g/mol. The molecule has 7 heteroatoms. The van der Waals surface area contributed by atoms with Crippen LogP contribution in [0.1, 0.15) is 23.2 Å². The summed E-state index contributed by atoms with van der Waals surface area (Å²) in [7, 11) is 0. The lowest BCUT2D eigenvalue weighted by Crippen LogP contribution is -2.19. The van der Waals surface area contributed by atoms with Gasteiger partial charge in [0.25, 0.3) is 0 Å². The van der Waals surface area contributed by atoms with E-state index in [1.807, 2.05) is 13.0 Å². The Labute approximate surface area is 126 Å². The van der Waals surface area contributed by atoms with Crippen molar-refractivity contribution >= 4 is 23.0 Å². The highest BCUT2D eigenvalue weighted by Crippen LogP contribution is 2.11. The maximum atomic E-state index is 11.9. The van der Waals surface area contributed by atoms with Crippen molar-refractivity contribution in [2.45, 2.75) is 20.5 Å². The SMILES string of the molecule is CCOC(=O)/C(=N\OCc1cccnc1)c1csc(C)n1. The molecule has 0 saturated heterocycles. The molecule has 0 atom stereocenters. The van der Waals surface area contributed by atoms with E-state index in [4.69, 9.17) is 9.57 Å². The maximum absolute atomic E-state index is 11.9. The van der Waals surface area contributed by atoms with Gasteiger partial charge in [0.15, 0.2) is 0 Å². The van der Waals surface area contributed by atoms with Gasteiger partial charge in [0.1, 0.15) is 12.3 Å². The summed E-state index contributed by atoms with van der Waals surface area (Å²) < 4.78 is 4.97. The summed E-state index contributed by atoms with van der Waals surface area (Å²) >= 11 is 1.43. The Morgan fingerprint density at radius 1 is 1.48 bits per heavy atom. The number of ether oxygens (including phenoxy) is 1. The smallest absolute Gasteiger partial charge is 0.362 e. The third kappa shape index (κ3) is 4.35. The monoisotopic (exact) mass is 305 g/mol. The lowest BCUT2D eigenvalue weighted by Gasteiger charge is -2.04. The highest BCUT2D eigenvalue weighted by molar-refractivity contribution is 7.09. The van der Waals surface area contributed by atoms with Crippen LogP contribution in [-0.4, -0.2) is 28.3 Å². The average Bonchev–Trinajstić information content (AvgIpc) is 2.91. The number of hydrogen-bond donors (Lipinski definition) is 0. The molecule has 0 N–H and O–H groups in total. The van der Waals surface area contributed by atoms with E-state index in [2.05, 4.69) is 15.1 Å². The van der Waals surface area contributed by atoms with Crippen LogP contribution >= 0.6 is 11.3 Å². The quantitative estimate of drug-likeness (QED) is 0.465. The summed E-state index contributed by atoms with van der Waals surface area (Å²) in [6, 6.07) is 3.66. The van der Waals surface area contributed by atoms with Crippen LogP contribution in [0.5, 0.6) is 0 Å². The van der Waals surface area contributed by atoms with Gasteiger partial charge in [0, 0.05) is 23.3 Å². The zero-order valence-electron chi connectivity index (χ0n) is 11.8. The molecule has 0 saturated carbocycles. The number of aryl methyl sites for hydroxylation is 1. The van der Waals surface area contributed by atoms with Gasteiger partial charge in [-0.2, -0.15) is 0 Å². The van der Waals surface area contributed by atoms with Crippen molar-refractivity contribution in [2.75, 3.05) is 6.61 Å². The van der Waals surface area contributed by atoms with E-state index in [0.717, 1.165) is 10.6 Å². The van der Waals surface area contributed by atoms with E-state index in [9.17, 15) is 4.79 Å². The van der Waals surface area contributed by atoms with Crippen molar-refractivity contribution < 1.29 is 14.4 Å². The van der Waals surface area contributed by atoms with E-state index >= 15 is 0 Å². The molecule has 0 aliphatic heterocycles. The van der Waals surface area contributed by atoms with Crippen LogP contribution in [0.3, 0.4) is 0 Å². The normalized spacial score (nSPS) is 11.2. The molecule has 0 fully saturated rings. The third-order valence-corrected chi connectivity index (χ3v) is 3.21. The van der Waals surface area contributed by atoms with E-state index in [1.54, 1.807) is 30.8 Å². The Balaban J connectivity index is 2.11. The molecule has 21 heavy (non-hydrogen) atoms. The molecule has 2 heterocycles. The van der Waals surface area contributed by atoms with Crippen molar-refractivity contribution in [2.24, 2.45) is 5.16 Å². The van der Waals surface area contributed by atoms with Gasteiger partial charge in [-0.1, -0.05) is 11.2 Å². The number of carbonyl (C=O) groups is 1. The highest BCUT2D eigenvalue weighted by Gasteiger charge is 2.19.